The van der Waals surface area contributed by atoms with Crippen molar-refractivity contribution in [3.05, 3.63) is 57.6 Å². The number of carbonyl (C=O) groups excluding carboxylic acids is 1. The molecule has 25 heavy (non-hydrogen) atoms. The van der Waals surface area contributed by atoms with Gasteiger partial charge in [-0.1, -0.05) is 29.8 Å². The van der Waals surface area contributed by atoms with Gasteiger partial charge in [0.25, 0.3) is 5.91 Å². The van der Waals surface area contributed by atoms with Crippen LogP contribution in [0.3, 0.4) is 0 Å². The lowest BCUT2D eigenvalue weighted by atomic mass is 10.1. The van der Waals surface area contributed by atoms with Crippen LogP contribution in [0.4, 0.5) is 5.69 Å². The number of halogens is 1. The molecule has 0 heterocycles. The molecule has 0 spiro atoms. The van der Waals surface area contributed by atoms with Crippen molar-refractivity contribution in [2.75, 3.05) is 19.5 Å². The van der Waals surface area contributed by atoms with Crippen LogP contribution in [-0.2, 0) is 0 Å². The van der Waals surface area contributed by atoms with E-state index < -0.39 is 0 Å². The average Bonchev–Trinajstić information content (AvgIpc) is 2.57. The largest absolute Gasteiger partial charge is 0.493 e. The molecule has 2 aromatic carbocycles. The molecular formula is C20H22ClNO3. The minimum absolute atomic E-state index is 0.263. The second-order valence-corrected chi connectivity index (χ2v) is 6.10. The predicted molar refractivity (Wildman–Crippen MR) is 103 cm³/mol. The van der Waals surface area contributed by atoms with Crippen LogP contribution in [0.15, 0.2) is 30.3 Å². The first-order valence-corrected chi connectivity index (χ1v) is 8.25. The summed E-state index contributed by atoms with van der Waals surface area (Å²) < 4.78 is 10.8. The summed E-state index contributed by atoms with van der Waals surface area (Å²) >= 11 is 6.28. The Bertz CT molecular complexity index is 805. The lowest BCUT2D eigenvalue weighted by molar-refractivity contribution is 0.102. The van der Waals surface area contributed by atoms with Crippen LogP contribution in [0.2, 0.25) is 5.02 Å². The number of hydrogen-bond acceptors (Lipinski definition) is 3. The number of amides is 1. The Morgan fingerprint density at radius 2 is 1.84 bits per heavy atom. The van der Waals surface area contributed by atoms with Gasteiger partial charge < -0.3 is 14.8 Å². The second-order valence-electron chi connectivity index (χ2n) is 5.69. The number of hydrogen-bond donors (Lipinski definition) is 1. The summed E-state index contributed by atoms with van der Waals surface area (Å²) in [6.45, 7) is 5.77. The predicted octanol–water partition coefficient (Wildman–Crippen LogP) is 5.26. The maximum atomic E-state index is 12.7. The van der Waals surface area contributed by atoms with Gasteiger partial charge in [0.15, 0.2) is 11.5 Å². The fraction of sp³-hybridized carbons (Fsp3) is 0.250. The molecule has 2 aromatic rings. The number of carbonyl (C=O) groups is 1. The number of anilines is 1. The lowest BCUT2D eigenvalue weighted by Gasteiger charge is -2.15. The topological polar surface area (TPSA) is 47.6 Å². The van der Waals surface area contributed by atoms with Gasteiger partial charge in [-0.05, 0) is 50.1 Å². The molecule has 0 bridgehead atoms. The maximum absolute atomic E-state index is 12.7. The fourth-order valence-electron chi connectivity index (χ4n) is 2.69. The van der Waals surface area contributed by atoms with Crippen molar-refractivity contribution in [1.82, 2.24) is 0 Å². The fourth-order valence-corrected chi connectivity index (χ4v) is 3.06. The maximum Gasteiger partial charge on any atom is 0.255 e. The van der Waals surface area contributed by atoms with E-state index in [4.69, 9.17) is 21.1 Å². The van der Waals surface area contributed by atoms with Crippen molar-refractivity contribution in [3.8, 4) is 11.5 Å². The van der Waals surface area contributed by atoms with Gasteiger partial charge in [-0.3, -0.25) is 4.79 Å². The smallest absolute Gasteiger partial charge is 0.255 e. The van der Waals surface area contributed by atoms with Crippen molar-refractivity contribution >= 4 is 29.3 Å². The summed E-state index contributed by atoms with van der Waals surface area (Å²) in [5.41, 5.74) is 3.79. The van der Waals surface area contributed by atoms with E-state index in [0.29, 0.717) is 27.8 Å². The van der Waals surface area contributed by atoms with Gasteiger partial charge in [-0.15, -0.1) is 0 Å². The van der Waals surface area contributed by atoms with Gasteiger partial charge in [-0.25, -0.2) is 0 Å². The molecule has 0 aliphatic heterocycles. The van der Waals surface area contributed by atoms with Crippen LogP contribution in [0.1, 0.15) is 34.0 Å². The van der Waals surface area contributed by atoms with E-state index in [9.17, 15) is 4.79 Å². The molecule has 0 aromatic heterocycles. The number of nitrogens with one attached hydrogen (secondary N) is 1. The molecule has 0 aliphatic rings. The first-order chi connectivity index (χ1) is 11.9. The Labute approximate surface area is 153 Å². The van der Waals surface area contributed by atoms with Gasteiger partial charge in [0.2, 0.25) is 0 Å². The van der Waals surface area contributed by atoms with Crippen LogP contribution in [-0.4, -0.2) is 20.1 Å². The second kappa shape index (κ2) is 8.08. The van der Waals surface area contributed by atoms with Crippen molar-refractivity contribution in [3.63, 3.8) is 0 Å². The zero-order valence-electron chi connectivity index (χ0n) is 15.1. The van der Waals surface area contributed by atoms with Crippen LogP contribution >= 0.6 is 11.6 Å². The van der Waals surface area contributed by atoms with E-state index in [2.05, 4.69) is 5.32 Å². The lowest BCUT2D eigenvalue weighted by Crippen LogP contribution is -2.14. The molecule has 1 amide bonds. The van der Waals surface area contributed by atoms with Crippen LogP contribution in [0, 0.1) is 13.8 Å². The third-order valence-corrected chi connectivity index (χ3v) is 4.08. The first kappa shape index (κ1) is 18.9. The normalized spacial score (nSPS) is 10.8. The number of allylic oxidation sites excluding steroid dienone is 1. The minimum Gasteiger partial charge on any atom is -0.493 e. The van der Waals surface area contributed by atoms with Crippen LogP contribution in [0.25, 0.3) is 6.08 Å². The average molecular weight is 360 g/mol. The van der Waals surface area contributed by atoms with E-state index in [-0.39, 0.29) is 5.91 Å². The van der Waals surface area contributed by atoms with E-state index in [1.54, 1.807) is 26.4 Å². The summed E-state index contributed by atoms with van der Waals surface area (Å²) in [4.78, 5) is 12.7. The van der Waals surface area contributed by atoms with Crippen molar-refractivity contribution in [2.45, 2.75) is 20.8 Å². The molecule has 0 saturated carbocycles. The third-order valence-electron chi connectivity index (χ3n) is 3.79. The Kier molecular flexibility index (Phi) is 6.10. The molecule has 0 radical (unpaired) electrons. The van der Waals surface area contributed by atoms with Gasteiger partial charge >= 0.3 is 0 Å². The van der Waals surface area contributed by atoms with E-state index >= 15 is 0 Å². The number of ether oxygens (including phenoxy) is 2. The van der Waals surface area contributed by atoms with E-state index in [1.165, 1.54) is 0 Å². The summed E-state index contributed by atoms with van der Waals surface area (Å²) in [5, 5.41) is 3.40. The first-order valence-electron chi connectivity index (χ1n) is 7.88. The highest BCUT2D eigenvalue weighted by molar-refractivity contribution is 6.34. The highest BCUT2D eigenvalue weighted by Crippen LogP contribution is 2.34. The molecule has 0 unspecified atom stereocenters. The Hall–Kier alpha value is -2.46. The summed E-state index contributed by atoms with van der Waals surface area (Å²) in [5.74, 6) is 0.817. The zero-order chi connectivity index (χ0) is 18.6. The van der Waals surface area contributed by atoms with Crippen molar-refractivity contribution < 1.29 is 14.3 Å². The van der Waals surface area contributed by atoms with Gasteiger partial charge in [0, 0.05) is 11.1 Å². The highest BCUT2D eigenvalue weighted by Gasteiger charge is 2.17. The highest BCUT2D eigenvalue weighted by atomic mass is 35.5. The van der Waals surface area contributed by atoms with Crippen LogP contribution < -0.4 is 14.8 Å². The van der Waals surface area contributed by atoms with Crippen molar-refractivity contribution in [2.24, 2.45) is 0 Å². The van der Waals surface area contributed by atoms with Crippen LogP contribution in [0.5, 0.6) is 11.5 Å². The van der Waals surface area contributed by atoms with Gasteiger partial charge in [0.1, 0.15) is 0 Å². The van der Waals surface area contributed by atoms with Crippen molar-refractivity contribution in [1.29, 1.82) is 0 Å². The number of aryl methyl sites for hydroxylation is 2. The quantitative estimate of drug-likeness (QED) is 0.792. The molecule has 5 heteroatoms. The molecule has 2 rings (SSSR count). The Balaban J connectivity index is 2.45. The summed E-state index contributed by atoms with van der Waals surface area (Å²) in [6, 6.07) is 7.21. The Morgan fingerprint density at radius 3 is 2.40 bits per heavy atom. The number of methoxy groups -OCH3 is 2. The van der Waals surface area contributed by atoms with Gasteiger partial charge in [0.05, 0.1) is 24.9 Å². The molecule has 4 nitrogen and oxygen atoms in total. The molecule has 1 N–H and O–H groups in total. The SMILES string of the molecule is C/C=C/c1cc(C(=O)Nc2c(C)cc(C)cc2Cl)cc(OC)c1OC. The standard InChI is InChI=1S/C20H22ClNO3/c1-6-7-14-10-15(11-17(24-4)19(14)25-5)20(23)22-18-13(3)8-12(2)9-16(18)21/h6-11H,1-5H3,(H,22,23)/b7-6+. The molecule has 0 aliphatic carbocycles. The van der Waals surface area contributed by atoms with E-state index in [0.717, 1.165) is 16.7 Å². The molecule has 0 atom stereocenters. The molecular weight excluding hydrogens is 338 g/mol. The molecule has 0 saturated heterocycles. The monoisotopic (exact) mass is 359 g/mol. The third kappa shape index (κ3) is 4.15. The zero-order valence-corrected chi connectivity index (χ0v) is 15.8. The number of benzene rings is 2. The summed E-state index contributed by atoms with van der Waals surface area (Å²) in [6.07, 6.45) is 3.74. The number of rotatable bonds is 5. The van der Waals surface area contributed by atoms with Gasteiger partial charge in [-0.2, -0.15) is 0 Å². The van der Waals surface area contributed by atoms with E-state index in [1.807, 2.05) is 45.1 Å². The minimum atomic E-state index is -0.263. The molecule has 132 valence electrons. The summed E-state index contributed by atoms with van der Waals surface area (Å²) in [7, 11) is 3.11. The molecule has 0 fully saturated rings. The Morgan fingerprint density at radius 1 is 1.12 bits per heavy atom.